The minimum atomic E-state index is -0.812. The van der Waals surface area contributed by atoms with Gasteiger partial charge >= 0.3 is 0 Å². The number of aromatic amines is 1. The molecule has 0 saturated carbocycles. The van der Waals surface area contributed by atoms with Crippen LogP contribution in [0.2, 0.25) is 0 Å². The summed E-state index contributed by atoms with van der Waals surface area (Å²) in [4.78, 5) is 27.5. The van der Waals surface area contributed by atoms with Crippen LogP contribution in [0.4, 0.5) is 0 Å². The Hall–Kier alpha value is -4.76. The number of hydrogen-bond acceptors (Lipinski definition) is 4. The first kappa shape index (κ1) is 22.2. The van der Waals surface area contributed by atoms with E-state index in [9.17, 15) is 10.1 Å². The van der Waals surface area contributed by atoms with E-state index in [1.54, 1.807) is 0 Å². The maximum Gasteiger partial charge on any atom is 0.263 e. The number of benzene rings is 3. The molecule has 0 saturated heterocycles. The van der Waals surface area contributed by atoms with Gasteiger partial charge in [-0.15, -0.1) is 0 Å². The summed E-state index contributed by atoms with van der Waals surface area (Å²) in [5.74, 6) is -0.588. The highest BCUT2D eigenvalue weighted by atomic mass is 16.2. The van der Waals surface area contributed by atoms with Crippen LogP contribution in [0.1, 0.15) is 51.5 Å². The molecule has 6 heteroatoms. The fourth-order valence-corrected chi connectivity index (χ4v) is 7.22. The molecular weight excluding hydrogens is 482 g/mol. The Labute approximate surface area is 225 Å². The van der Waals surface area contributed by atoms with E-state index in [1.165, 1.54) is 16.7 Å². The number of para-hydroxylation sites is 1. The van der Waals surface area contributed by atoms with Crippen LogP contribution in [-0.2, 0) is 11.2 Å². The molecule has 39 heavy (non-hydrogen) atoms. The monoisotopic (exact) mass is 507 g/mol. The van der Waals surface area contributed by atoms with Crippen LogP contribution < -0.4 is 5.32 Å². The number of nitriles is 1. The van der Waals surface area contributed by atoms with Crippen molar-refractivity contribution in [1.29, 1.82) is 5.26 Å². The minimum Gasteiger partial charge on any atom is -0.354 e. The lowest BCUT2D eigenvalue weighted by molar-refractivity contribution is -0.117. The van der Waals surface area contributed by atoms with Crippen LogP contribution >= 0.6 is 0 Å². The highest BCUT2D eigenvalue weighted by Gasteiger charge is 2.57. The summed E-state index contributed by atoms with van der Waals surface area (Å²) in [5.41, 5.74) is 12.3. The van der Waals surface area contributed by atoms with Gasteiger partial charge in [-0.3, -0.25) is 4.79 Å². The van der Waals surface area contributed by atoms with Crippen molar-refractivity contribution in [2.45, 2.75) is 45.1 Å². The van der Waals surface area contributed by atoms with Gasteiger partial charge in [0.1, 0.15) is 11.6 Å². The van der Waals surface area contributed by atoms with Crippen LogP contribution in [0.5, 0.6) is 0 Å². The topological polar surface area (TPSA) is 94.5 Å². The van der Waals surface area contributed by atoms with E-state index in [1.807, 2.05) is 12.1 Å². The SMILES string of the molecule is Cc1cc2nc3c(nc2cc1C)C(C12CCc4c([nH]c5c(C)cccc45)C1=C(C#N)C(=O)N2)c1ccccc1-3. The average Bonchev–Trinajstić information content (AvgIpc) is 3.56. The Kier molecular flexibility index (Phi) is 4.23. The minimum absolute atomic E-state index is 0.186. The molecule has 1 amide bonds. The van der Waals surface area contributed by atoms with E-state index in [4.69, 9.17) is 9.97 Å². The van der Waals surface area contributed by atoms with Crippen molar-refractivity contribution in [3.05, 3.63) is 99.4 Å². The van der Waals surface area contributed by atoms with Gasteiger partial charge in [0.15, 0.2) is 0 Å². The molecular formula is C33H25N5O. The number of hydrogen-bond donors (Lipinski definition) is 2. The van der Waals surface area contributed by atoms with Crippen LogP contribution in [0, 0.1) is 32.1 Å². The van der Waals surface area contributed by atoms with E-state index in [-0.39, 0.29) is 17.4 Å². The summed E-state index contributed by atoms with van der Waals surface area (Å²) < 4.78 is 0. The third-order valence-electron chi connectivity index (χ3n) is 9.14. The Balaban J connectivity index is 1.45. The molecule has 6 nitrogen and oxygen atoms in total. The molecule has 3 heterocycles. The zero-order chi connectivity index (χ0) is 26.6. The number of rotatable bonds is 1. The molecule has 2 unspecified atom stereocenters. The molecule has 0 radical (unpaired) electrons. The standard InChI is InChI=1S/C33H25N5O/c1-16-7-6-10-21-22-11-12-33(27(29(22)37-28(16)21)23(15-34)32(39)38-33)26-19-8-4-5-9-20(19)30-31(26)36-25-14-18(3)17(2)13-24(25)35-30/h4-10,13-14,26,37H,11-12H2,1-3H3,(H,38,39). The Morgan fingerprint density at radius 2 is 1.74 bits per heavy atom. The van der Waals surface area contributed by atoms with Gasteiger partial charge in [-0.05, 0) is 73.6 Å². The van der Waals surface area contributed by atoms with Gasteiger partial charge < -0.3 is 10.3 Å². The van der Waals surface area contributed by atoms with Crippen molar-refractivity contribution in [3.8, 4) is 17.3 Å². The maximum atomic E-state index is 13.5. The van der Waals surface area contributed by atoms with Crippen LogP contribution in [-0.4, -0.2) is 26.4 Å². The number of carbonyl (C=O) groups excluding carboxylic acids is 1. The highest BCUT2D eigenvalue weighted by Crippen LogP contribution is 2.58. The third-order valence-corrected chi connectivity index (χ3v) is 9.14. The van der Waals surface area contributed by atoms with Crippen molar-refractivity contribution in [3.63, 3.8) is 0 Å². The molecule has 2 atom stereocenters. The second-order valence-electron chi connectivity index (χ2n) is 11.2. The first-order valence-corrected chi connectivity index (χ1v) is 13.4. The van der Waals surface area contributed by atoms with Gasteiger partial charge in [0.05, 0.1) is 33.9 Å². The number of amides is 1. The molecule has 5 aromatic rings. The fourth-order valence-electron chi connectivity index (χ4n) is 7.22. The fraction of sp³-hybridized carbons (Fsp3) is 0.212. The normalized spacial score (nSPS) is 21.0. The molecule has 0 spiro atoms. The Morgan fingerprint density at radius 3 is 2.54 bits per heavy atom. The van der Waals surface area contributed by atoms with Crippen molar-refractivity contribution in [1.82, 2.24) is 20.3 Å². The zero-order valence-corrected chi connectivity index (χ0v) is 21.9. The molecule has 2 aliphatic carbocycles. The van der Waals surface area contributed by atoms with E-state index in [0.29, 0.717) is 6.42 Å². The number of nitrogens with one attached hydrogen (secondary N) is 2. The molecule has 3 aliphatic rings. The predicted octanol–water partition coefficient (Wildman–Crippen LogP) is 5.94. The first-order chi connectivity index (χ1) is 18.9. The third kappa shape index (κ3) is 2.72. The van der Waals surface area contributed by atoms with Gasteiger partial charge in [0.2, 0.25) is 0 Å². The van der Waals surface area contributed by atoms with Crippen LogP contribution in [0.25, 0.3) is 38.8 Å². The van der Waals surface area contributed by atoms with Crippen LogP contribution in [0.15, 0.2) is 60.2 Å². The van der Waals surface area contributed by atoms with Gasteiger partial charge in [-0.1, -0.05) is 42.5 Å². The molecule has 188 valence electrons. The van der Waals surface area contributed by atoms with Gasteiger partial charge in [-0.2, -0.15) is 5.26 Å². The molecule has 8 rings (SSSR count). The number of fused-ring (bicyclic) bond motifs is 9. The zero-order valence-electron chi connectivity index (χ0n) is 21.9. The molecule has 0 bridgehead atoms. The van der Waals surface area contributed by atoms with Crippen molar-refractivity contribution < 1.29 is 4.79 Å². The lowest BCUT2D eigenvalue weighted by atomic mass is 9.67. The molecule has 2 aromatic heterocycles. The highest BCUT2D eigenvalue weighted by molar-refractivity contribution is 6.14. The summed E-state index contributed by atoms with van der Waals surface area (Å²) in [6, 6.07) is 21.0. The number of aromatic nitrogens is 3. The summed E-state index contributed by atoms with van der Waals surface area (Å²) in [7, 11) is 0. The summed E-state index contributed by atoms with van der Waals surface area (Å²) in [6.45, 7) is 6.27. The number of H-pyrrole nitrogens is 1. The first-order valence-electron chi connectivity index (χ1n) is 13.4. The molecule has 3 aromatic carbocycles. The quantitative estimate of drug-likeness (QED) is 0.294. The van der Waals surface area contributed by atoms with Crippen molar-refractivity contribution in [2.75, 3.05) is 0 Å². The summed E-state index contributed by atoms with van der Waals surface area (Å²) in [5, 5.41) is 14.8. The van der Waals surface area contributed by atoms with Gasteiger partial charge in [-0.25, -0.2) is 9.97 Å². The molecule has 0 fully saturated rings. The van der Waals surface area contributed by atoms with Crippen molar-refractivity contribution >= 4 is 33.4 Å². The van der Waals surface area contributed by atoms with E-state index < -0.39 is 5.54 Å². The van der Waals surface area contributed by atoms with Gasteiger partial charge in [0, 0.05) is 27.7 Å². The number of nitrogens with zero attached hydrogens (tertiary/aromatic N) is 3. The number of aryl methyl sites for hydroxylation is 4. The van der Waals surface area contributed by atoms with E-state index in [2.05, 4.69) is 79.6 Å². The number of carbonyl (C=O) groups is 1. The summed E-state index contributed by atoms with van der Waals surface area (Å²) >= 11 is 0. The molecule has 2 N–H and O–H groups in total. The van der Waals surface area contributed by atoms with E-state index >= 15 is 0 Å². The van der Waals surface area contributed by atoms with Crippen LogP contribution in [0.3, 0.4) is 0 Å². The Bertz CT molecular complexity index is 2020. The lowest BCUT2D eigenvalue weighted by Gasteiger charge is -2.41. The average molecular weight is 508 g/mol. The maximum absolute atomic E-state index is 13.5. The van der Waals surface area contributed by atoms with Crippen molar-refractivity contribution in [2.24, 2.45) is 0 Å². The van der Waals surface area contributed by atoms with Gasteiger partial charge in [0.25, 0.3) is 5.91 Å². The summed E-state index contributed by atoms with van der Waals surface area (Å²) in [6.07, 6.45) is 1.44. The van der Waals surface area contributed by atoms with E-state index in [0.717, 1.165) is 67.7 Å². The smallest absolute Gasteiger partial charge is 0.263 e. The Morgan fingerprint density at radius 1 is 0.974 bits per heavy atom. The second kappa shape index (κ2) is 7.42. The predicted molar refractivity (Wildman–Crippen MR) is 151 cm³/mol. The molecule has 1 aliphatic heterocycles. The second-order valence-corrected chi connectivity index (χ2v) is 11.2. The lowest BCUT2D eigenvalue weighted by Crippen LogP contribution is -2.51. The largest absolute Gasteiger partial charge is 0.354 e.